The molecule has 0 aliphatic carbocycles. The van der Waals surface area contributed by atoms with E-state index in [4.69, 9.17) is 14.4 Å². The first-order valence-corrected chi connectivity index (χ1v) is 4.71. The van der Waals surface area contributed by atoms with Crippen LogP contribution in [0.4, 0.5) is 0 Å². The highest BCUT2D eigenvalue weighted by molar-refractivity contribution is 5.91. The molecule has 0 bridgehead atoms. The lowest BCUT2D eigenvalue weighted by Gasteiger charge is -1.95. The zero-order chi connectivity index (χ0) is 11.5. The molecule has 5 heteroatoms. The van der Waals surface area contributed by atoms with Gasteiger partial charge in [0.2, 0.25) is 11.5 Å². The maximum absolute atomic E-state index is 11.4. The number of fused-ring (bicyclic) bond motifs is 1. The van der Waals surface area contributed by atoms with E-state index in [1.54, 1.807) is 13.0 Å². The third-order valence-electron chi connectivity index (χ3n) is 1.98. The van der Waals surface area contributed by atoms with Crippen molar-refractivity contribution < 1.29 is 13.9 Å². The number of ether oxygens (including phenoxy) is 1. The van der Waals surface area contributed by atoms with Crippen molar-refractivity contribution in [3.63, 3.8) is 0 Å². The Kier molecular flexibility index (Phi) is 2.56. The summed E-state index contributed by atoms with van der Waals surface area (Å²) in [6.45, 7) is 2.00. The topological polar surface area (TPSA) is 76.1 Å². The minimum Gasteiger partial charge on any atom is -0.460 e. The molecule has 0 saturated carbocycles. The smallest absolute Gasteiger partial charge is 0.374 e. The first-order valence-electron chi connectivity index (χ1n) is 4.71. The number of esters is 1. The van der Waals surface area contributed by atoms with Crippen LogP contribution in [0.5, 0.6) is 0 Å². The average Bonchev–Trinajstić information content (AvgIpc) is 2.71. The second-order valence-corrected chi connectivity index (χ2v) is 3.06. The highest BCUT2D eigenvalue weighted by Gasteiger charge is 2.13. The molecule has 0 radical (unpaired) electrons. The number of rotatable bonds is 2. The highest BCUT2D eigenvalue weighted by atomic mass is 16.5. The van der Waals surface area contributed by atoms with Gasteiger partial charge in [0.1, 0.15) is 6.07 Å². The van der Waals surface area contributed by atoms with Crippen LogP contribution in [0, 0.1) is 11.3 Å². The number of pyridine rings is 1. The van der Waals surface area contributed by atoms with Gasteiger partial charge in [-0.1, -0.05) is 0 Å². The van der Waals surface area contributed by atoms with Crippen molar-refractivity contribution in [3.8, 4) is 6.07 Å². The van der Waals surface area contributed by atoms with Crippen LogP contribution in [0.15, 0.2) is 22.7 Å². The zero-order valence-electron chi connectivity index (χ0n) is 8.56. The van der Waals surface area contributed by atoms with Gasteiger partial charge in [-0.15, -0.1) is 0 Å². The van der Waals surface area contributed by atoms with Crippen molar-refractivity contribution in [2.75, 3.05) is 6.61 Å². The van der Waals surface area contributed by atoms with Gasteiger partial charge in [-0.05, 0) is 13.0 Å². The summed E-state index contributed by atoms with van der Waals surface area (Å²) in [4.78, 5) is 15.3. The fraction of sp³-hybridized carbons (Fsp3) is 0.182. The van der Waals surface area contributed by atoms with E-state index in [9.17, 15) is 4.79 Å². The summed E-state index contributed by atoms with van der Waals surface area (Å²) in [7, 11) is 0. The number of carbonyl (C=O) groups excluding carboxylic acids is 1. The van der Waals surface area contributed by atoms with E-state index in [2.05, 4.69) is 4.98 Å². The van der Waals surface area contributed by atoms with E-state index in [1.807, 2.05) is 6.07 Å². The van der Waals surface area contributed by atoms with Gasteiger partial charge >= 0.3 is 5.97 Å². The van der Waals surface area contributed by atoms with Gasteiger partial charge in [-0.3, -0.25) is 0 Å². The van der Waals surface area contributed by atoms with Gasteiger partial charge in [0.15, 0.2) is 0 Å². The average molecular weight is 216 g/mol. The molecule has 0 aromatic carbocycles. The van der Waals surface area contributed by atoms with Crippen LogP contribution in [0.1, 0.15) is 23.0 Å². The minimum atomic E-state index is -0.529. The Bertz CT molecular complexity index is 580. The first kappa shape index (κ1) is 10.2. The predicted molar refractivity (Wildman–Crippen MR) is 54.7 cm³/mol. The van der Waals surface area contributed by atoms with Crippen molar-refractivity contribution in [2.24, 2.45) is 0 Å². The minimum absolute atomic E-state index is 0.0967. The number of hydrogen-bond acceptors (Lipinski definition) is 5. The van der Waals surface area contributed by atoms with Crippen molar-refractivity contribution in [1.29, 1.82) is 5.26 Å². The van der Waals surface area contributed by atoms with Gasteiger partial charge in [0.25, 0.3) is 0 Å². The van der Waals surface area contributed by atoms with Crippen LogP contribution in [0.25, 0.3) is 11.1 Å². The second kappa shape index (κ2) is 4.03. The van der Waals surface area contributed by atoms with Gasteiger partial charge in [0.05, 0.1) is 12.2 Å². The quantitative estimate of drug-likeness (QED) is 0.716. The Morgan fingerprint density at radius 2 is 2.44 bits per heavy atom. The molecule has 0 saturated heterocycles. The van der Waals surface area contributed by atoms with Crippen molar-refractivity contribution in [1.82, 2.24) is 4.98 Å². The Balaban J connectivity index is 2.44. The largest absolute Gasteiger partial charge is 0.460 e. The lowest BCUT2D eigenvalue weighted by atomic mass is 10.2. The molecule has 0 spiro atoms. The lowest BCUT2D eigenvalue weighted by Crippen LogP contribution is -2.02. The molecule has 0 atom stereocenters. The van der Waals surface area contributed by atoms with E-state index in [1.165, 1.54) is 12.3 Å². The number of nitrogens with zero attached hydrogens (tertiary/aromatic N) is 2. The Morgan fingerprint density at radius 3 is 3.12 bits per heavy atom. The van der Waals surface area contributed by atoms with Gasteiger partial charge in [-0.2, -0.15) is 5.26 Å². The molecular weight excluding hydrogens is 208 g/mol. The molecule has 5 nitrogen and oxygen atoms in total. The highest BCUT2D eigenvalue weighted by Crippen LogP contribution is 2.18. The summed E-state index contributed by atoms with van der Waals surface area (Å²) in [5, 5.41) is 9.30. The van der Waals surface area contributed by atoms with Crippen LogP contribution in [-0.4, -0.2) is 17.6 Å². The summed E-state index contributed by atoms with van der Waals surface area (Å²) in [5.74, 6) is -0.432. The van der Waals surface area contributed by atoms with Crippen LogP contribution in [0.3, 0.4) is 0 Å². The summed E-state index contributed by atoms with van der Waals surface area (Å²) < 4.78 is 9.98. The van der Waals surface area contributed by atoms with Crippen molar-refractivity contribution >= 4 is 17.1 Å². The van der Waals surface area contributed by atoms with E-state index in [0.717, 1.165) is 0 Å². The standard InChI is InChI=1S/C11H8N2O3/c1-2-15-11(14)9-4-8-3-7(5-12)6-13-10(8)16-9/h3-4,6H,2H2,1H3. The monoisotopic (exact) mass is 216 g/mol. The van der Waals surface area contributed by atoms with Gasteiger partial charge < -0.3 is 9.15 Å². The molecule has 0 amide bonds. The van der Waals surface area contributed by atoms with E-state index in [-0.39, 0.29) is 12.4 Å². The molecule has 16 heavy (non-hydrogen) atoms. The van der Waals surface area contributed by atoms with E-state index >= 15 is 0 Å². The summed E-state index contributed by atoms with van der Waals surface area (Å²) in [6.07, 6.45) is 1.39. The molecule has 0 fully saturated rings. The predicted octanol–water partition coefficient (Wildman–Crippen LogP) is 1.88. The molecule has 0 unspecified atom stereocenters. The normalized spacial score (nSPS) is 10.0. The summed E-state index contributed by atoms with van der Waals surface area (Å²) in [6, 6.07) is 5.08. The fourth-order valence-electron chi connectivity index (χ4n) is 1.30. The zero-order valence-corrected chi connectivity index (χ0v) is 8.56. The molecule has 0 N–H and O–H groups in total. The van der Waals surface area contributed by atoms with Gasteiger partial charge in [0, 0.05) is 17.6 Å². The van der Waals surface area contributed by atoms with Crippen molar-refractivity contribution in [2.45, 2.75) is 6.92 Å². The number of aromatic nitrogens is 1. The number of furan rings is 1. The first-order chi connectivity index (χ1) is 7.74. The van der Waals surface area contributed by atoms with Gasteiger partial charge in [-0.25, -0.2) is 9.78 Å². The Hall–Kier alpha value is -2.35. The Labute approximate surface area is 91.3 Å². The van der Waals surface area contributed by atoms with E-state index < -0.39 is 5.97 Å². The molecule has 2 aromatic rings. The van der Waals surface area contributed by atoms with Crippen LogP contribution in [0.2, 0.25) is 0 Å². The molecule has 2 aromatic heterocycles. The van der Waals surface area contributed by atoms with Crippen LogP contribution < -0.4 is 0 Å². The Morgan fingerprint density at radius 1 is 1.62 bits per heavy atom. The van der Waals surface area contributed by atoms with Crippen LogP contribution in [-0.2, 0) is 4.74 Å². The maximum Gasteiger partial charge on any atom is 0.374 e. The maximum atomic E-state index is 11.4. The third-order valence-corrected chi connectivity index (χ3v) is 1.98. The molecule has 0 aliphatic heterocycles. The molecular formula is C11H8N2O3. The third kappa shape index (κ3) is 1.73. The number of hydrogen-bond donors (Lipinski definition) is 0. The summed E-state index contributed by atoms with van der Waals surface area (Å²) in [5.41, 5.74) is 0.741. The summed E-state index contributed by atoms with van der Waals surface area (Å²) >= 11 is 0. The number of nitriles is 1. The molecule has 2 rings (SSSR count). The molecule has 80 valence electrons. The SMILES string of the molecule is CCOC(=O)c1cc2cc(C#N)cnc2o1. The van der Waals surface area contributed by atoms with Crippen molar-refractivity contribution in [3.05, 3.63) is 29.7 Å². The second-order valence-electron chi connectivity index (χ2n) is 3.06. The number of carbonyl (C=O) groups is 1. The molecule has 0 aliphatic rings. The lowest BCUT2D eigenvalue weighted by molar-refractivity contribution is 0.0492. The molecule has 2 heterocycles. The fourth-order valence-corrected chi connectivity index (χ4v) is 1.30. The van der Waals surface area contributed by atoms with Crippen LogP contribution >= 0.6 is 0 Å². The van der Waals surface area contributed by atoms with E-state index in [0.29, 0.717) is 16.7 Å².